The summed E-state index contributed by atoms with van der Waals surface area (Å²) in [6, 6.07) is 16.6. The van der Waals surface area contributed by atoms with Crippen molar-refractivity contribution < 1.29 is 19.0 Å². The first kappa shape index (κ1) is 18.8. The number of benzene rings is 2. The van der Waals surface area contributed by atoms with Crippen molar-refractivity contribution in [2.24, 2.45) is 0 Å². The Hall–Kier alpha value is -3.54. The van der Waals surface area contributed by atoms with Crippen molar-refractivity contribution in [3.63, 3.8) is 0 Å². The van der Waals surface area contributed by atoms with Crippen molar-refractivity contribution in [1.29, 1.82) is 0 Å². The molecule has 3 aromatic rings. The zero-order valence-electron chi connectivity index (χ0n) is 16.2. The lowest BCUT2D eigenvalue weighted by Gasteiger charge is -2.11. The third-order valence-electron chi connectivity index (χ3n) is 4.57. The number of hydrogen-bond acceptors (Lipinski definition) is 5. The van der Waals surface area contributed by atoms with Gasteiger partial charge in [-0.15, -0.1) is 0 Å². The molecule has 0 radical (unpaired) electrons. The molecule has 6 heteroatoms. The van der Waals surface area contributed by atoms with Gasteiger partial charge in [0.15, 0.2) is 11.5 Å². The number of amides is 1. The van der Waals surface area contributed by atoms with E-state index in [-0.39, 0.29) is 5.91 Å². The Morgan fingerprint density at radius 3 is 2.79 bits per heavy atom. The summed E-state index contributed by atoms with van der Waals surface area (Å²) >= 11 is 0. The molecule has 0 fully saturated rings. The van der Waals surface area contributed by atoms with Gasteiger partial charge in [-0.1, -0.05) is 18.2 Å². The van der Waals surface area contributed by atoms with E-state index in [1.54, 1.807) is 18.3 Å². The molecule has 4 rings (SSSR count). The average Bonchev–Trinajstić information content (AvgIpc) is 3.22. The third kappa shape index (κ3) is 4.48. The smallest absolute Gasteiger partial charge is 0.251 e. The first-order valence-electron chi connectivity index (χ1n) is 9.61. The molecule has 1 aromatic heterocycles. The van der Waals surface area contributed by atoms with Crippen LogP contribution >= 0.6 is 0 Å². The number of pyridine rings is 1. The number of para-hydroxylation sites is 2. The van der Waals surface area contributed by atoms with Crippen LogP contribution < -0.4 is 19.5 Å². The van der Waals surface area contributed by atoms with Crippen molar-refractivity contribution in [3.05, 3.63) is 77.5 Å². The van der Waals surface area contributed by atoms with Crippen LogP contribution in [-0.4, -0.2) is 24.1 Å². The highest BCUT2D eigenvalue weighted by molar-refractivity contribution is 5.94. The largest absolute Gasteiger partial charge is 0.493 e. The molecule has 148 valence electrons. The van der Waals surface area contributed by atoms with Crippen LogP contribution in [0.2, 0.25) is 0 Å². The Morgan fingerprint density at radius 1 is 1.14 bits per heavy atom. The van der Waals surface area contributed by atoms with Gasteiger partial charge in [0.05, 0.1) is 13.2 Å². The number of nitrogens with one attached hydrogen (secondary N) is 1. The second kappa shape index (κ2) is 8.65. The van der Waals surface area contributed by atoms with E-state index in [0.717, 1.165) is 23.3 Å². The summed E-state index contributed by atoms with van der Waals surface area (Å²) in [5.41, 5.74) is 2.59. The molecule has 0 aliphatic carbocycles. The summed E-state index contributed by atoms with van der Waals surface area (Å²) in [6.45, 7) is 3.54. The van der Waals surface area contributed by atoms with Crippen molar-refractivity contribution in [2.75, 3.05) is 13.2 Å². The molecule has 1 aliphatic rings. The minimum atomic E-state index is -0.120. The van der Waals surface area contributed by atoms with Gasteiger partial charge >= 0.3 is 0 Å². The molecule has 0 spiro atoms. The fourth-order valence-corrected chi connectivity index (χ4v) is 3.11. The van der Waals surface area contributed by atoms with Crippen molar-refractivity contribution in [1.82, 2.24) is 10.3 Å². The molecule has 29 heavy (non-hydrogen) atoms. The van der Waals surface area contributed by atoms with E-state index in [9.17, 15) is 4.79 Å². The van der Waals surface area contributed by atoms with E-state index in [2.05, 4.69) is 10.3 Å². The number of hydrogen-bond donors (Lipinski definition) is 1. The predicted octanol–water partition coefficient (Wildman–Crippen LogP) is 4.14. The average molecular weight is 390 g/mol. The summed E-state index contributed by atoms with van der Waals surface area (Å²) in [6.07, 6.45) is 2.53. The number of ether oxygens (including phenoxy) is 3. The monoisotopic (exact) mass is 390 g/mol. The van der Waals surface area contributed by atoms with Crippen LogP contribution in [0, 0.1) is 0 Å². The fourth-order valence-electron chi connectivity index (χ4n) is 3.11. The van der Waals surface area contributed by atoms with Crippen LogP contribution in [0.25, 0.3) is 0 Å². The summed E-state index contributed by atoms with van der Waals surface area (Å²) in [7, 11) is 0. The number of rotatable bonds is 7. The highest BCUT2D eigenvalue weighted by atomic mass is 16.5. The zero-order chi connectivity index (χ0) is 20.1. The molecule has 0 bridgehead atoms. The predicted molar refractivity (Wildman–Crippen MR) is 109 cm³/mol. The molecule has 2 heterocycles. The molecule has 2 aromatic carbocycles. The van der Waals surface area contributed by atoms with Gasteiger partial charge in [-0.3, -0.25) is 4.79 Å². The SMILES string of the molecule is CCOc1ccccc1Oc1ccc(CNC(=O)c2ccc3c(c2)CCO3)cn1. The number of carbonyl (C=O) groups excluding carboxylic acids is 1. The summed E-state index contributed by atoms with van der Waals surface area (Å²) < 4.78 is 16.9. The van der Waals surface area contributed by atoms with Gasteiger partial charge in [0.2, 0.25) is 5.88 Å². The van der Waals surface area contributed by atoms with Crippen molar-refractivity contribution >= 4 is 5.91 Å². The van der Waals surface area contributed by atoms with Gasteiger partial charge in [-0.2, -0.15) is 0 Å². The van der Waals surface area contributed by atoms with Gasteiger partial charge in [0.1, 0.15) is 5.75 Å². The van der Waals surface area contributed by atoms with Crippen molar-refractivity contribution in [2.45, 2.75) is 19.9 Å². The molecular formula is C23H22N2O4. The molecule has 1 amide bonds. The Bertz CT molecular complexity index is 1000. The van der Waals surface area contributed by atoms with Gasteiger partial charge < -0.3 is 19.5 Å². The van der Waals surface area contributed by atoms with Crippen LogP contribution in [0.4, 0.5) is 0 Å². The van der Waals surface area contributed by atoms with E-state index in [1.807, 2.05) is 49.4 Å². The first-order chi connectivity index (χ1) is 14.2. The lowest BCUT2D eigenvalue weighted by molar-refractivity contribution is 0.0951. The molecule has 0 atom stereocenters. The second-order valence-electron chi connectivity index (χ2n) is 6.59. The van der Waals surface area contributed by atoms with E-state index in [4.69, 9.17) is 14.2 Å². The molecule has 6 nitrogen and oxygen atoms in total. The number of carbonyl (C=O) groups is 1. The Balaban J connectivity index is 1.35. The zero-order valence-corrected chi connectivity index (χ0v) is 16.2. The van der Waals surface area contributed by atoms with E-state index in [0.29, 0.717) is 42.7 Å². The summed E-state index contributed by atoms with van der Waals surface area (Å²) in [5.74, 6) is 2.50. The van der Waals surface area contributed by atoms with Crippen LogP contribution in [0.15, 0.2) is 60.8 Å². The standard InChI is InChI=1S/C23H22N2O4/c1-2-27-20-5-3-4-6-21(20)29-22-10-7-16(14-24-22)15-25-23(26)18-8-9-19-17(13-18)11-12-28-19/h3-10,13-14H,2,11-12,15H2,1H3,(H,25,26). The van der Waals surface area contributed by atoms with Crippen molar-refractivity contribution in [3.8, 4) is 23.1 Å². The molecule has 0 saturated carbocycles. The summed E-state index contributed by atoms with van der Waals surface area (Å²) in [5, 5.41) is 2.92. The minimum Gasteiger partial charge on any atom is -0.493 e. The molecule has 0 unspecified atom stereocenters. The van der Waals surface area contributed by atoms with E-state index < -0.39 is 0 Å². The van der Waals surface area contributed by atoms with Crippen LogP contribution in [0.5, 0.6) is 23.1 Å². The summed E-state index contributed by atoms with van der Waals surface area (Å²) in [4.78, 5) is 16.7. The number of nitrogens with zero attached hydrogens (tertiary/aromatic N) is 1. The van der Waals surface area contributed by atoms with E-state index >= 15 is 0 Å². The first-order valence-corrected chi connectivity index (χ1v) is 9.61. The normalized spacial score (nSPS) is 12.0. The topological polar surface area (TPSA) is 69.7 Å². The Labute approximate surface area is 169 Å². The highest BCUT2D eigenvalue weighted by Crippen LogP contribution is 2.30. The number of fused-ring (bicyclic) bond motifs is 1. The molecule has 1 aliphatic heterocycles. The maximum atomic E-state index is 12.4. The highest BCUT2D eigenvalue weighted by Gasteiger charge is 2.15. The lowest BCUT2D eigenvalue weighted by Crippen LogP contribution is -2.22. The molecule has 1 N–H and O–H groups in total. The molecule has 0 saturated heterocycles. The Morgan fingerprint density at radius 2 is 2.00 bits per heavy atom. The van der Waals surface area contributed by atoms with Crippen LogP contribution in [-0.2, 0) is 13.0 Å². The molecular weight excluding hydrogens is 368 g/mol. The van der Waals surface area contributed by atoms with Gasteiger partial charge in [-0.05, 0) is 48.4 Å². The fraction of sp³-hybridized carbons (Fsp3) is 0.217. The van der Waals surface area contributed by atoms with Crippen LogP contribution in [0.3, 0.4) is 0 Å². The maximum absolute atomic E-state index is 12.4. The van der Waals surface area contributed by atoms with Gasteiger partial charge in [0.25, 0.3) is 5.91 Å². The Kier molecular flexibility index (Phi) is 5.61. The van der Waals surface area contributed by atoms with Crippen LogP contribution in [0.1, 0.15) is 28.4 Å². The maximum Gasteiger partial charge on any atom is 0.251 e. The van der Waals surface area contributed by atoms with Gasteiger partial charge in [0, 0.05) is 30.8 Å². The van der Waals surface area contributed by atoms with Gasteiger partial charge in [-0.25, -0.2) is 4.98 Å². The second-order valence-corrected chi connectivity index (χ2v) is 6.59. The third-order valence-corrected chi connectivity index (χ3v) is 4.57. The lowest BCUT2D eigenvalue weighted by atomic mass is 10.1. The number of aromatic nitrogens is 1. The quantitative estimate of drug-likeness (QED) is 0.657. The van der Waals surface area contributed by atoms with E-state index in [1.165, 1.54) is 0 Å². The minimum absolute atomic E-state index is 0.120.